The monoisotopic (exact) mass is 268 g/mol. The van der Waals surface area contributed by atoms with Crippen LogP contribution < -0.4 is 0 Å². The van der Waals surface area contributed by atoms with Gasteiger partial charge in [-0.1, -0.05) is 63.2 Å². The molecule has 2 unspecified atom stereocenters. The second kappa shape index (κ2) is 4.44. The van der Waals surface area contributed by atoms with E-state index in [9.17, 15) is 10.2 Å². The molecule has 0 saturated heterocycles. The summed E-state index contributed by atoms with van der Waals surface area (Å²) >= 11 is 0. The number of fused-ring (bicyclic) bond motifs is 2. The van der Waals surface area contributed by atoms with Gasteiger partial charge in [0, 0.05) is 0 Å². The van der Waals surface area contributed by atoms with Crippen molar-refractivity contribution in [2.45, 2.75) is 38.4 Å². The van der Waals surface area contributed by atoms with Crippen molar-refractivity contribution in [3.05, 3.63) is 70.3 Å². The Morgan fingerprint density at radius 3 is 1.80 bits per heavy atom. The van der Waals surface area contributed by atoms with E-state index < -0.39 is 12.2 Å². The molecular weight excluding hydrogens is 248 g/mol. The van der Waals surface area contributed by atoms with Gasteiger partial charge in [-0.25, -0.2) is 0 Å². The summed E-state index contributed by atoms with van der Waals surface area (Å²) in [7, 11) is 0. The smallest absolute Gasteiger partial charge is 0.105 e. The Hall–Kier alpha value is -1.64. The minimum absolute atomic E-state index is 0.0245. The third-order valence-electron chi connectivity index (χ3n) is 4.13. The van der Waals surface area contributed by atoms with Crippen molar-refractivity contribution in [2.75, 3.05) is 0 Å². The van der Waals surface area contributed by atoms with Gasteiger partial charge in [-0.2, -0.15) is 0 Å². The molecule has 2 heteroatoms. The fourth-order valence-corrected chi connectivity index (χ4v) is 2.87. The average molecular weight is 268 g/mol. The van der Waals surface area contributed by atoms with Crippen LogP contribution in [0.3, 0.4) is 0 Å². The summed E-state index contributed by atoms with van der Waals surface area (Å²) < 4.78 is 0. The van der Waals surface area contributed by atoms with Gasteiger partial charge >= 0.3 is 0 Å². The lowest BCUT2D eigenvalue weighted by atomic mass is 9.78. The minimum atomic E-state index is -0.660. The summed E-state index contributed by atoms with van der Waals surface area (Å²) in [6.45, 7) is 6.44. The minimum Gasteiger partial charge on any atom is -0.384 e. The highest BCUT2D eigenvalue weighted by molar-refractivity contribution is 5.51. The van der Waals surface area contributed by atoms with E-state index in [1.807, 2.05) is 42.5 Å². The van der Waals surface area contributed by atoms with Crippen LogP contribution in [0, 0.1) is 0 Å². The Balaban J connectivity index is 2.18. The van der Waals surface area contributed by atoms with Crippen LogP contribution in [0.2, 0.25) is 0 Å². The van der Waals surface area contributed by atoms with Gasteiger partial charge in [0.2, 0.25) is 0 Å². The Morgan fingerprint density at radius 1 is 0.750 bits per heavy atom. The molecule has 2 N–H and O–H groups in total. The largest absolute Gasteiger partial charge is 0.384 e. The summed E-state index contributed by atoms with van der Waals surface area (Å²) in [5.74, 6) is 0. The maximum atomic E-state index is 10.6. The molecular formula is C18H20O2. The molecule has 3 rings (SSSR count). The summed E-state index contributed by atoms with van der Waals surface area (Å²) in [5, 5.41) is 21.1. The molecule has 0 saturated carbocycles. The van der Waals surface area contributed by atoms with E-state index in [2.05, 4.69) is 20.8 Å². The van der Waals surface area contributed by atoms with Crippen molar-refractivity contribution in [3.63, 3.8) is 0 Å². The van der Waals surface area contributed by atoms with Crippen molar-refractivity contribution in [1.29, 1.82) is 0 Å². The zero-order valence-corrected chi connectivity index (χ0v) is 12.1. The standard InChI is InChI=1S/C18H20O2/c1-18(2,3)11-8-9-14-15(10-11)17(20)13-7-5-4-6-12(13)16(14)19/h4-10,16-17,19-20H,1-3H3. The van der Waals surface area contributed by atoms with E-state index in [1.165, 1.54) is 5.56 Å². The highest BCUT2D eigenvalue weighted by Crippen LogP contribution is 2.42. The molecule has 0 bridgehead atoms. The predicted octanol–water partition coefficient (Wildman–Crippen LogP) is 3.46. The molecule has 0 fully saturated rings. The lowest BCUT2D eigenvalue weighted by molar-refractivity contribution is 0.173. The fraction of sp³-hybridized carbons (Fsp3) is 0.333. The summed E-state index contributed by atoms with van der Waals surface area (Å²) in [5.41, 5.74) is 4.43. The van der Waals surface area contributed by atoms with Crippen LogP contribution in [0.5, 0.6) is 0 Å². The van der Waals surface area contributed by atoms with Crippen LogP contribution in [0.4, 0.5) is 0 Å². The Bertz CT molecular complexity index is 653. The Labute approximate surface area is 119 Å². The molecule has 104 valence electrons. The van der Waals surface area contributed by atoms with Crippen molar-refractivity contribution < 1.29 is 10.2 Å². The summed E-state index contributed by atoms with van der Waals surface area (Å²) in [6, 6.07) is 13.6. The lowest BCUT2D eigenvalue weighted by Gasteiger charge is -2.31. The number of hydrogen-bond acceptors (Lipinski definition) is 2. The normalized spacial score (nSPS) is 21.2. The van der Waals surface area contributed by atoms with Gasteiger partial charge in [0.1, 0.15) is 12.2 Å². The van der Waals surface area contributed by atoms with Crippen LogP contribution in [-0.4, -0.2) is 10.2 Å². The SMILES string of the molecule is CC(C)(C)c1ccc2c(c1)C(O)c1ccccc1C2O. The summed E-state index contributed by atoms with van der Waals surface area (Å²) in [6.07, 6.45) is -1.31. The van der Waals surface area contributed by atoms with E-state index in [1.54, 1.807) is 0 Å². The second-order valence-corrected chi connectivity index (χ2v) is 6.53. The number of benzene rings is 2. The molecule has 20 heavy (non-hydrogen) atoms. The lowest BCUT2D eigenvalue weighted by Crippen LogP contribution is -2.20. The molecule has 0 aliphatic heterocycles. The second-order valence-electron chi connectivity index (χ2n) is 6.53. The fourth-order valence-electron chi connectivity index (χ4n) is 2.87. The molecule has 0 radical (unpaired) electrons. The van der Waals surface area contributed by atoms with E-state index in [4.69, 9.17) is 0 Å². The predicted molar refractivity (Wildman–Crippen MR) is 79.7 cm³/mol. The number of aliphatic hydroxyl groups excluding tert-OH is 2. The van der Waals surface area contributed by atoms with Gasteiger partial charge in [0.25, 0.3) is 0 Å². The van der Waals surface area contributed by atoms with Crippen molar-refractivity contribution in [2.24, 2.45) is 0 Å². The highest BCUT2D eigenvalue weighted by Gasteiger charge is 2.30. The molecule has 2 aromatic rings. The third kappa shape index (κ3) is 1.96. The molecule has 2 nitrogen and oxygen atoms in total. The number of hydrogen-bond donors (Lipinski definition) is 2. The maximum absolute atomic E-state index is 10.6. The first-order chi connectivity index (χ1) is 9.39. The van der Waals surface area contributed by atoms with Gasteiger partial charge in [0.05, 0.1) is 0 Å². The highest BCUT2D eigenvalue weighted by atomic mass is 16.3. The van der Waals surface area contributed by atoms with Crippen LogP contribution in [0.1, 0.15) is 60.8 Å². The van der Waals surface area contributed by atoms with E-state index in [-0.39, 0.29) is 5.41 Å². The molecule has 2 atom stereocenters. The Morgan fingerprint density at radius 2 is 1.25 bits per heavy atom. The maximum Gasteiger partial charge on any atom is 0.105 e. The van der Waals surface area contributed by atoms with Gasteiger partial charge in [-0.3, -0.25) is 0 Å². The van der Waals surface area contributed by atoms with E-state index in [0.29, 0.717) is 0 Å². The van der Waals surface area contributed by atoms with Gasteiger partial charge in [-0.15, -0.1) is 0 Å². The van der Waals surface area contributed by atoms with E-state index in [0.717, 1.165) is 22.3 Å². The first kappa shape index (κ1) is 13.3. The molecule has 1 aliphatic rings. The zero-order valence-electron chi connectivity index (χ0n) is 12.1. The molecule has 2 aromatic carbocycles. The zero-order chi connectivity index (χ0) is 14.5. The van der Waals surface area contributed by atoms with Crippen molar-refractivity contribution in [1.82, 2.24) is 0 Å². The molecule has 0 aromatic heterocycles. The molecule has 0 amide bonds. The first-order valence-electron chi connectivity index (χ1n) is 6.99. The van der Waals surface area contributed by atoms with Crippen LogP contribution in [-0.2, 0) is 5.41 Å². The first-order valence-corrected chi connectivity index (χ1v) is 6.99. The molecule has 0 spiro atoms. The quantitative estimate of drug-likeness (QED) is 0.768. The van der Waals surface area contributed by atoms with Crippen LogP contribution in [0.25, 0.3) is 0 Å². The van der Waals surface area contributed by atoms with Gasteiger partial charge in [0.15, 0.2) is 0 Å². The van der Waals surface area contributed by atoms with E-state index >= 15 is 0 Å². The van der Waals surface area contributed by atoms with Crippen LogP contribution >= 0.6 is 0 Å². The Kier molecular flexibility index (Phi) is 2.96. The number of rotatable bonds is 0. The third-order valence-corrected chi connectivity index (χ3v) is 4.13. The molecule has 0 heterocycles. The summed E-state index contributed by atoms with van der Waals surface area (Å²) in [4.78, 5) is 0. The number of aliphatic hydroxyl groups is 2. The van der Waals surface area contributed by atoms with Crippen molar-refractivity contribution >= 4 is 0 Å². The topological polar surface area (TPSA) is 40.5 Å². The van der Waals surface area contributed by atoms with Gasteiger partial charge < -0.3 is 10.2 Å². The van der Waals surface area contributed by atoms with Gasteiger partial charge in [-0.05, 0) is 33.2 Å². The van der Waals surface area contributed by atoms with Crippen molar-refractivity contribution in [3.8, 4) is 0 Å². The average Bonchev–Trinajstić information content (AvgIpc) is 2.43. The molecule has 1 aliphatic carbocycles. The van der Waals surface area contributed by atoms with Crippen LogP contribution in [0.15, 0.2) is 42.5 Å².